The van der Waals surface area contributed by atoms with Gasteiger partial charge in [-0.2, -0.15) is 0 Å². The van der Waals surface area contributed by atoms with E-state index in [-0.39, 0.29) is 5.82 Å². The van der Waals surface area contributed by atoms with Crippen molar-refractivity contribution in [2.45, 2.75) is 6.92 Å². The maximum Gasteiger partial charge on any atom is 0.141 e. The zero-order valence-electron chi connectivity index (χ0n) is 5.06. The van der Waals surface area contributed by atoms with Gasteiger partial charge in [-0.25, -0.2) is 4.39 Å². The lowest BCUT2D eigenvalue weighted by Crippen LogP contribution is -1.83. The molecule has 2 heteroatoms. The van der Waals surface area contributed by atoms with E-state index >= 15 is 0 Å². The zero-order valence-corrected chi connectivity index (χ0v) is 5.06. The summed E-state index contributed by atoms with van der Waals surface area (Å²) in [6.45, 7) is 1.74. The van der Waals surface area contributed by atoms with Crippen LogP contribution in [0.15, 0.2) is 18.3 Å². The molecule has 0 aliphatic rings. The van der Waals surface area contributed by atoms with Crippen molar-refractivity contribution in [2.75, 3.05) is 0 Å². The molecule has 0 saturated heterocycles. The normalized spacial score (nSPS) is 9.56. The molecule has 0 aromatic carbocycles. The molecule has 0 atom stereocenters. The second-order valence-electron chi connectivity index (χ2n) is 1.61. The molecule has 0 fully saturated rings. The van der Waals surface area contributed by atoms with Crippen molar-refractivity contribution in [1.82, 2.24) is 4.98 Å². The van der Waals surface area contributed by atoms with Gasteiger partial charge in [0.05, 0.1) is 6.20 Å². The number of rotatable bonds is 1. The Kier molecular flexibility index (Phi) is 1.78. The van der Waals surface area contributed by atoms with Crippen LogP contribution in [0, 0.1) is 12.2 Å². The zero-order chi connectivity index (χ0) is 6.69. The van der Waals surface area contributed by atoms with E-state index in [1.165, 1.54) is 12.3 Å². The second-order valence-corrected chi connectivity index (χ2v) is 1.61. The summed E-state index contributed by atoms with van der Waals surface area (Å²) in [5.74, 6) is -0.311. The summed E-state index contributed by atoms with van der Waals surface area (Å²) in [6.07, 6.45) is 3.95. The average Bonchev–Trinajstić information content (AvgIpc) is 1.90. The van der Waals surface area contributed by atoms with Crippen LogP contribution >= 0.6 is 0 Å². The van der Waals surface area contributed by atoms with Crippen LogP contribution in [0.25, 0.3) is 0 Å². The molecule has 1 nitrogen and oxygen atoms in total. The van der Waals surface area contributed by atoms with Gasteiger partial charge in [0.2, 0.25) is 0 Å². The predicted octanol–water partition coefficient (Wildman–Crippen LogP) is 1.67. The molecule has 9 heavy (non-hydrogen) atoms. The number of aromatic nitrogens is 1. The highest BCUT2D eigenvalue weighted by Crippen LogP contribution is 1.98. The van der Waals surface area contributed by atoms with Gasteiger partial charge in [0.25, 0.3) is 0 Å². The van der Waals surface area contributed by atoms with Crippen LogP contribution in [0.5, 0.6) is 0 Å². The van der Waals surface area contributed by atoms with Crippen molar-refractivity contribution in [3.63, 3.8) is 0 Å². The van der Waals surface area contributed by atoms with Crippen LogP contribution in [-0.4, -0.2) is 4.98 Å². The Balaban J connectivity index is 2.88. The average molecular weight is 123 g/mol. The molecule has 0 bridgehead atoms. The predicted molar refractivity (Wildman–Crippen MR) is 32.2 cm³/mol. The highest BCUT2D eigenvalue weighted by Gasteiger charge is 1.89. The fourth-order valence-corrected chi connectivity index (χ4v) is 0.524. The van der Waals surface area contributed by atoms with E-state index in [2.05, 4.69) is 11.4 Å². The summed E-state index contributed by atoms with van der Waals surface area (Å²) >= 11 is 0. The molecule has 0 N–H and O–H groups in total. The van der Waals surface area contributed by atoms with Gasteiger partial charge in [-0.3, -0.25) is 4.98 Å². The Morgan fingerprint density at radius 2 is 2.33 bits per heavy atom. The van der Waals surface area contributed by atoms with Gasteiger partial charge in [-0.15, -0.1) is 0 Å². The molecule has 0 spiro atoms. The van der Waals surface area contributed by atoms with Crippen molar-refractivity contribution < 1.29 is 4.39 Å². The first kappa shape index (κ1) is 6.20. The van der Waals surface area contributed by atoms with Gasteiger partial charge >= 0.3 is 0 Å². The number of hydrogen-bond donors (Lipinski definition) is 0. The minimum absolute atomic E-state index is 0.311. The third kappa shape index (κ3) is 1.49. The van der Waals surface area contributed by atoms with Gasteiger partial charge in [0.15, 0.2) is 0 Å². The molecule has 1 rings (SSSR count). The molecular weight excluding hydrogens is 117 g/mol. The van der Waals surface area contributed by atoms with Crippen molar-refractivity contribution in [3.05, 3.63) is 36.3 Å². The van der Waals surface area contributed by atoms with Crippen LogP contribution in [0.3, 0.4) is 0 Å². The molecule has 46 valence electrons. The first-order valence-electron chi connectivity index (χ1n) is 2.62. The second kappa shape index (κ2) is 2.58. The summed E-state index contributed by atoms with van der Waals surface area (Å²) in [4.78, 5) is 3.71. The van der Waals surface area contributed by atoms with E-state index in [1.807, 2.05) is 0 Å². The lowest BCUT2D eigenvalue weighted by atomic mass is 10.3. The van der Waals surface area contributed by atoms with E-state index in [0.29, 0.717) is 5.69 Å². The number of hydrogen-bond acceptors (Lipinski definition) is 1. The third-order valence-corrected chi connectivity index (χ3v) is 0.984. The topological polar surface area (TPSA) is 12.9 Å². The van der Waals surface area contributed by atoms with Gasteiger partial charge < -0.3 is 0 Å². The summed E-state index contributed by atoms with van der Waals surface area (Å²) in [6, 6.07) is 2.94. The number of pyridine rings is 1. The van der Waals surface area contributed by atoms with Crippen molar-refractivity contribution in [3.8, 4) is 0 Å². The van der Waals surface area contributed by atoms with Gasteiger partial charge in [-0.05, 0) is 12.1 Å². The molecular formula is C7H6FN. The van der Waals surface area contributed by atoms with Crippen LogP contribution in [-0.2, 0) is 0 Å². The van der Waals surface area contributed by atoms with Gasteiger partial charge in [0, 0.05) is 12.1 Å². The lowest BCUT2D eigenvalue weighted by molar-refractivity contribution is 0.620. The van der Waals surface area contributed by atoms with Gasteiger partial charge in [-0.1, -0.05) is 6.92 Å². The van der Waals surface area contributed by atoms with E-state index in [9.17, 15) is 4.39 Å². The molecule has 0 aliphatic heterocycles. The first-order valence-corrected chi connectivity index (χ1v) is 2.62. The van der Waals surface area contributed by atoms with Crippen molar-refractivity contribution in [2.24, 2.45) is 0 Å². The third-order valence-electron chi connectivity index (χ3n) is 0.984. The summed E-state index contributed by atoms with van der Waals surface area (Å²) in [5.41, 5.74) is 0.677. The summed E-state index contributed by atoms with van der Waals surface area (Å²) in [7, 11) is 0. The fraction of sp³-hybridized carbons (Fsp3) is 0.143. The minimum Gasteiger partial charge on any atom is -0.258 e. The Morgan fingerprint density at radius 3 is 2.78 bits per heavy atom. The molecule has 0 saturated carbocycles. The standard InChI is InChI=1S/C7H6FN/c1-2-7-4-3-6(8)5-9-7/h3-5H,1H3. The Labute approximate surface area is 53.5 Å². The Hall–Kier alpha value is -0.920. The van der Waals surface area contributed by atoms with Crippen LogP contribution in [0.2, 0.25) is 0 Å². The molecule has 2 radical (unpaired) electrons. The number of nitrogens with zero attached hydrogens (tertiary/aromatic N) is 1. The van der Waals surface area contributed by atoms with Crippen LogP contribution < -0.4 is 0 Å². The Bertz CT molecular complexity index is 181. The van der Waals surface area contributed by atoms with E-state index in [1.54, 1.807) is 13.0 Å². The molecule has 0 unspecified atom stereocenters. The molecule has 0 aliphatic carbocycles. The molecule has 0 amide bonds. The molecule has 1 aromatic heterocycles. The molecule has 1 aromatic rings. The summed E-state index contributed by atoms with van der Waals surface area (Å²) in [5, 5.41) is 0. The number of halogens is 1. The highest BCUT2D eigenvalue weighted by atomic mass is 19.1. The van der Waals surface area contributed by atoms with Crippen molar-refractivity contribution >= 4 is 0 Å². The quantitative estimate of drug-likeness (QED) is 0.553. The van der Waals surface area contributed by atoms with Crippen LogP contribution in [0.1, 0.15) is 12.6 Å². The van der Waals surface area contributed by atoms with E-state index < -0.39 is 0 Å². The fourth-order valence-electron chi connectivity index (χ4n) is 0.524. The maximum absolute atomic E-state index is 12.1. The largest absolute Gasteiger partial charge is 0.258 e. The maximum atomic E-state index is 12.1. The Morgan fingerprint density at radius 1 is 1.56 bits per heavy atom. The van der Waals surface area contributed by atoms with Crippen molar-refractivity contribution in [1.29, 1.82) is 0 Å². The van der Waals surface area contributed by atoms with E-state index in [4.69, 9.17) is 0 Å². The highest BCUT2D eigenvalue weighted by molar-refractivity contribution is 5.11. The van der Waals surface area contributed by atoms with Gasteiger partial charge in [0.1, 0.15) is 5.82 Å². The molecule has 1 heterocycles. The monoisotopic (exact) mass is 123 g/mol. The minimum atomic E-state index is -0.311. The SMILES string of the molecule is C[C]c1ccc(F)cn1. The lowest BCUT2D eigenvalue weighted by Gasteiger charge is -1.90. The van der Waals surface area contributed by atoms with Crippen LogP contribution in [0.4, 0.5) is 4.39 Å². The van der Waals surface area contributed by atoms with E-state index in [0.717, 1.165) is 0 Å². The smallest absolute Gasteiger partial charge is 0.141 e. The first-order chi connectivity index (χ1) is 4.33. The summed E-state index contributed by atoms with van der Waals surface area (Å²) < 4.78 is 12.1.